The molecule has 1 aliphatic carbocycles. The Morgan fingerprint density at radius 1 is 1.14 bits per heavy atom. The largest absolute Gasteiger partial charge is 0.456 e. The zero-order valence-electron chi connectivity index (χ0n) is 16.3. The van der Waals surface area contributed by atoms with Crippen LogP contribution in [0.25, 0.3) is 11.1 Å². The van der Waals surface area contributed by atoms with Crippen LogP contribution in [0.2, 0.25) is 0 Å². The Bertz CT molecular complexity index is 966. The van der Waals surface area contributed by atoms with E-state index in [0.29, 0.717) is 17.9 Å². The minimum Gasteiger partial charge on any atom is -0.456 e. The molecule has 2 amide bonds. The van der Waals surface area contributed by atoms with Crippen molar-refractivity contribution in [2.45, 2.75) is 38.6 Å². The van der Waals surface area contributed by atoms with E-state index in [1.54, 1.807) is 24.5 Å². The highest BCUT2D eigenvalue weighted by Crippen LogP contribution is 2.24. The standard InChI is InChI=1S/C22H24N4O3/c1-14(11-23-22(28)20-10-17-4-2-3-5-19(17)29-20)26-21(27)16-8-6-15(7-9-16)18-12-24-25-13-18/h6-10,12-14H,2-5,11H2,1H3,(H,23,28)(H,24,25)(H,26,27). The van der Waals surface area contributed by atoms with Gasteiger partial charge >= 0.3 is 0 Å². The SMILES string of the molecule is CC(CNC(=O)c1cc2c(o1)CCCC2)NC(=O)c1ccc(-c2cn[nH]c2)cc1. The Morgan fingerprint density at radius 2 is 1.93 bits per heavy atom. The lowest BCUT2D eigenvalue weighted by atomic mass is 9.99. The average molecular weight is 392 g/mol. The number of H-pyrrole nitrogens is 1. The molecule has 0 bridgehead atoms. The molecule has 0 spiro atoms. The summed E-state index contributed by atoms with van der Waals surface area (Å²) in [6, 6.07) is 8.93. The number of amides is 2. The molecule has 29 heavy (non-hydrogen) atoms. The van der Waals surface area contributed by atoms with E-state index in [2.05, 4.69) is 20.8 Å². The van der Waals surface area contributed by atoms with Gasteiger partial charge < -0.3 is 15.1 Å². The molecule has 1 aromatic carbocycles. The summed E-state index contributed by atoms with van der Waals surface area (Å²) in [6.45, 7) is 2.17. The Labute approximate surface area is 168 Å². The predicted octanol–water partition coefficient (Wildman–Crippen LogP) is 3.10. The second-order valence-electron chi connectivity index (χ2n) is 7.42. The maximum absolute atomic E-state index is 12.4. The van der Waals surface area contributed by atoms with E-state index in [1.807, 2.05) is 25.1 Å². The van der Waals surface area contributed by atoms with Gasteiger partial charge in [-0.2, -0.15) is 5.10 Å². The Kier molecular flexibility index (Phi) is 5.46. The number of hydrogen-bond acceptors (Lipinski definition) is 4. The highest BCUT2D eigenvalue weighted by atomic mass is 16.4. The van der Waals surface area contributed by atoms with Crippen LogP contribution in [0.1, 0.15) is 52.0 Å². The van der Waals surface area contributed by atoms with Gasteiger partial charge in [-0.1, -0.05) is 12.1 Å². The van der Waals surface area contributed by atoms with Gasteiger partial charge in [0.25, 0.3) is 11.8 Å². The van der Waals surface area contributed by atoms with E-state index in [-0.39, 0.29) is 17.9 Å². The maximum Gasteiger partial charge on any atom is 0.287 e. The molecule has 2 aromatic heterocycles. The second-order valence-corrected chi connectivity index (χ2v) is 7.42. The third kappa shape index (κ3) is 4.39. The van der Waals surface area contributed by atoms with Crippen molar-refractivity contribution in [2.24, 2.45) is 0 Å². The van der Waals surface area contributed by atoms with Gasteiger partial charge in [-0.15, -0.1) is 0 Å². The molecule has 3 aromatic rings. The van der Waals surface area contributed by atoms with Crippen molar-refractivity contribution in [3.05, 3.63) is 65.4 Å². The molecule has 1 aliphatic rings. The molecule has 2 heterocycles. The van der Waals surface area contributed by atoms with Crippen LogP contribution in [-0.4, -0.2) is 34.6 Å². The van der Waals surface area contributed by atoms with E-state index in [1.165, 1.54) is 0 Å². The van der Waals surface area contributed by atoms with Crippen LogP contribution >= 0.6 is 0 Å². The minimum absolute atomic E-state index is 0.182. The number of aromatic nitrogens is 2. The molecule has 7 heteroatoms. The zero-order chi connectivity index (χ0) is 20.2. The van der Waals surface area contributed by atoms with Crippen LogP contribution in [0, 0.1) is 0 Å². The van der Waals surface area contributed by atoms with Crippen LogP contribution in [0.4, 0.5) is 0 Å². The summed E-state index contributed by atoms with van der Waals surface area (Å²) >= 11 is 0. The first-order chi connectivity index (χ1) is 14.1. The van der Waals surface area contributed by atoms with E-state index in [4.69, 9.17) is 4.42 Å². The van der Waals surface area contributed by atoms with Crippen LogP contribution in [0.15, 0.2) is 47.1 Å². The monoisotopic (exact) mass is 392 g/mol. The average Bonchev–Trinajstić information content (AvgIpc) is 3.42. The predicted molar refractivity (Wildman–Crippen MR) is 109 cm³/mol. The summed E-state index contributed by atoms with van der Waals surface area (Å²) in [5.74, 6) is 0.857. The summed E-state index contributed by atoms with van der Waals surface area (Å²) in [4.78, 5) is 24.8. The van der Waals surface area contributed by atoms with Crippen molar-refractivity contribution in [3.63, 3.8) is 0 Å². The fraction of sp³-hybridized carbons (Fsp3) is 0.318. The Hall–Kier alpha value is -3.35. The number of furan rings is 1. The topological polar surface area (TPSA) is 100 Å². The van der Waals surface area contributed by atoms with Gasteiger partial charge in [-0.05, 0) is 55.5 Å². The summed E-state index contributed by atoms with van der Waals surface area (Å²) in [6.07, 6.45) is 7.64. The molecule has 0 aliphatic heterocycles. The number of carbonyl (C=O) groups is 2. The van der Waals surface area contributed by atoms with Crippen molar-refractivity contribution >= 4 is 11.8 Å². The van der Waals surface area contributed by atoms with Crippen LogP contribution in [-0.2, 0) is 12.8 Å². The highest BCUT2D eigenvalue weighted by molar-refractivity contribution is 5.95. The number of fused-ring (bicyclic) bond motifs is 1. The fourth-order valence-corrected chi connectivity index (χ4v) is 3.52. The number of rotatable bonds is 6. The number of aryl methyl sites for hydroxylation is 2. The van der Waals surface area contributed by atoms with Gasteiger partial charge in [-0.25, -0.2) is 0 Å². The van der Waals surface area contributed by atoms with E-state index in [0.717, 1.165) is 48.1 Å². The molecule has 0 fully saturated rings. The molecule has 0 saturated carbocycles. The van der Waals surface area contributed by atoms with Crippen molar-refractivity contribution in [3.8, 4) is 11.1 Å². The molecular weight excluding hydrogens is 368 g/mol. The number of nitrogens with one attached hydrogen (secondary N) is 3. The zero-order valence-corrected chi connectivity index (χ0v) is 16.3. The number of benzene rings is 1. The van der Waals surface area contributed by atoms with Gasteiger partial charge in [0.15, 0.2) is 5.76 Å². The quantitative estimate of drug-likeness (QED) is 0.600. The second kappa shape index (κ2) is 8.34. The van der Waals surface area contributed by atoms with E-state index < -0.39 is 0 Å². The number of nitrogens with zero attached hydrogens (tertiary/aromatic N) is 1. The molecule has 3 N–H and O–H groups in total. The fourth-order valence-electron chi connectivity index (χ4n) is 3.52. The summed E-state index contributed by atoms with van der Waals surface area (Å²) in [5.41, 5.74) is 3.65. The molecule has 1 unspecified atom stereocenters. The first-order valence-corrected chi connectivity index (χ1v) is 9.90. The molecule has 0 saturated heterocycles. The number of hydrogen-bond donors (Lipinski definition) is 3. The summed E-state index contributed by atoms with van der Waals surface area (Å²) < 4.78 is 5.69. The maximum atomic E-state index is 12.4. The lowest BCUT2D eigenvalue weighted by Gasteiger charge is -2.14. The van der Waals surface area contributed by atoms with Gasteiger partial charge in [0.1, 0.15) is 5.76 Å². The molecular formula is C22H24N4O3. The molecule has 0 radical (unpaired) electrons. The molecule has 1 atom stereocenters. The Balaban J connectivity index is 1.28. The van der Waals surface area contributed by atoms with Crippen molar-refractivity contribution in [1.82, 2.24) is 20.8 Å². The normalized spacial score (nSPS) is 14.1. The number of carbonyl (C=O) groups excluding carboxylic acids is 2. The Morgan fingerprint density at radius 3 is 2.66 bits per heavy atom. The number of aromatic amines is 1. The smallest absolute Gasteiger partial charge is 0.287 e. The first kappa shape index (κ1) is 19.0. The molecule has 7 nitrogen and oxygen atoms in total. The minimum atomic E-state index is -0.245. The van der Waals surface area contributed by atoms with Crippen LogP contribution in [0.3, 0.4) is 0 Å². The molecule has 4 rings (SSSR count). The van der Waals surface area contributed by atoms with Gasteiger partial charge in [-0.3, -0.25) is 14.7 Å². The van der Waals surface area contributed by atoms with E-state index >= 15 is 0 Å². The van der Waals surface area contributed by atoms with Crippen molar-refractivity contribution in [2.75, 3.05) is 6.54 Å². The molecule has 150 valence electrons. The summed E-state index contributed by atoms with van der Waals surface area (Å²) in [7, 11) is 0. The van der Waals surface area contributed by atoms with E-state index in [9.17, 15) is 9.59 Å². The van der Waals surface area contributed by atoms with Crippen LogP contribution < -0.4 is 10.6 Å². The van der Waals surface area contributed by atoms with Gasteiger partial charge in [0.05, 0.1) is 6.20 Å². The lowest BCUT2D eigenvalue weighted by molar-refractivity contribution is 0.0896. The summed E-state index contributed by atoms with van der Waals surface area (Å²) in [5, 5.41) is 12.4. The third-order valence-electron chi connectivity index (χ3n) is 5.15. The lowest BCUT2D eigenvalue weighted by Crippen LogP contribution is -2.41. The highest BCUT2D eigenvalue weighted by Gasteiger charge is 2.19. The third-order valence-corrected chi connectivity index (χ3v) is 5.15. The van der Waals surface area contributed by atoms with Crippen molar-refractivity contribution < 1.29 is 14.0 Å². The van der Waals surface area contributed by atoms with Crippen molar-refractivity contribution in [1.29, 1.82) is 0 Å². The van der Waals surface area contributed by atoms with Crippen LogP contribution in [0.5, 0.6) is 0 Å². The first-order valence-electron chi connectivity index (χ1n) is 9.90. The van der Waals surface area contributed by atoms with Gasteiger partial charge in [0.2, 0.25) is 0 Å². The van der Waals surface area contributed by atoms with Gasteiger partial charge in [0, 0.05) is 36.3 Å².